The zero-order valence-corrected chi connectivity index (χ0v) is 43.9. The lowest BCUT2D eigenvalue weighted by molar-refractivity contribution is -0.870. The second-order valence-electron chi connectivity index (χ2n) is 17.4. The first-order valence-electron chi connectivity index (χ1n) is 25.5. The van der Waals surface area contributed by atoms with E-state index in [1.807, 2.05) is 27.2 Å². The second-order valence-corrected chi connectivity index (χ2v) is 18.8. The lowest BCUT2D eigenvalue weighted by Crippen LogP contribution is -2.37. The van der Waals surface area contributed by atoms with Gasteiger partial charge in [-0.05, 0) is 109 Å². The smallest absolute Gasteiger partial charge is 0.306 e. The Hall–Kier alpha value is -4.11. The Morgan fingerprint density at radius 2 is 0.809 bits per heavy atom. The minimum Gasteiger partial charge on any atom is -0.756 e. The van der Waals surface area contributed by atoms with Gasteiger partial charge in [0.05, 0.1) is 27.7 Å². The Morgan fingerprint density at radius 1 is 0.456 bits per heavy atom. The quantitative estimate of drug-likeness (QED) is 0.0195. The molecule has 0 heterocycles. The summed E-state index contributed by atoms with van der Waals surface area (Å²) in [6.45, 7) is 3.88. The molecule has 0 aromatic heterocycles. The van der Waals surface area contributed by atoms with Crippen LogP contribution in [0.15, 0.2) is 146 Å². The standard InChI is InChI=1S/C58H92NO8P/c1-6-8-10-12-14-16-18-20-22-23-24-25-26-27-28-29-30-31-32-33-34-35-37-39-41-43-45-47-49-51-58(61)67-56(55-66-68(62,63)65-53-52-59(3,4)5)54-64-57(60)50-48-46-44-42-40-38-36-21-19-17-15-13-11-9-7-2/h8-11,14-17,20-22,24-25,27-28,30-31,33-34,36-37,39,43,45,56H,6-7,12-13,18-19,23,26,29,32,35,38,40-42,44,46-55H2,1-5H3/b10-8-,11-9-,16-14-,17-15-,22-20-,25-24-,28-27-,31-30-,34-33-,36-21-,39-37-,45-43-. The highest BCUT2D eigenvalue weighted by atomic mass is 31.2. The maximum absolute atomic E-state index is 12.7. The number of hydrogen-bond donors (Lipinski definition) is 0. The number of carbonyl (C=O) groups excluding carboxylic acids is 2. The van der Waals surface area contributed by atoms with Crippen molar-refractivity contribution in [1.82, 2.24) is 0 Å². The van der Waals surface area contributed by atoms with Crippen LogP contribution in [0.3, 0.4) is 0 Å². The molecule has 0 saturated carbocycles. The first-order valence-corrected chi connectivity index (χ1v) is 27.0. The molecule has 0 N–H and O–H groups in total. The van der Waals surface area contributed by atoms with E-state index in [0.717, 1.165) is 109 Å². The fourth-order valence-corrected chi connectivity index (χ4v) is 6.69. The molecule has 0 fully saturated rings. The molecular weight excluding hydrogens is 870 g/mol. The maximum atomic E-state index is 12.7. The van der Waals surface area contributed by atoms with Gasteiger partial charge >= 0.3 is 11.9 Å². The van der Waals surface area contributed by atoms with E-state index in [0.29, 0.717) is 30.3 Å². The Labute approximate surface area is 414 Å². The number of carbonyl (C=O) groups is 2. The van der Waals surface area contributed by atoms with Crippen molar-refractivity contribution in [2.75, 3.05) is 47.5 Å². The minimum atomic E-state index is -4.66. The van der Waals surface area contributed by atoms with Crippen molar-refractivity contribution in [2.45, 2.75) is 161 Å². The van der Waals surface area contributed by atoms with Crippen LogP contribution in [0.1, 0.15) is 155 Å². The molecule has 0 aliphatic carbocycles. The van der Waals surface area contributed by atoms with Gasteiger partial charge in [-0.25, -0.2) is 0 Å². The summed E-state index contributed by atoms with van der Waals surface area (Å²) in [7, 11) is 1.09. The van der Waals surface area contributed by atoms with Crippen molar-refractivity contribution in [3.8, 4) is 0 Å². The van der Waals surface area contributed by atoms with Crippen LogP contribution in [0, 0.1) is 0 Å². The number of nitrogens with zero attached hydrogens (tertiary/aromatic N) is 1. The number of phosphoric ester groups is 1. The van der Waals surface area contributed by atoms with Gasteiger partial charge in [0.2, 0.25) is 0 Å². The summed E-state index contributed by atoms with van der Waals surface area (Å²) in [6.07, 6.45) is 70.4. The normalized spacial score (nSPS) is 14.6. The maximum Gasteiger partial charge on any atom is 0.306 e. The molecule has 10 heteroatoms. The SMILES string of the molecule is CC/C=C\C/C=C\C/C=C\C/C=C\C/C=C\C/C=C\C/C=C\C/C=C\C/C=C\CCCC(=O)OC(COC(=O)CCCCCCC/C=C\C/C=C\C/C=C\CC)COP(=O)([O-])OCC[N+](C)(C)C. The van der Waals surface area contributed by atoms with E-state index in [2.05, 4.69) is 154 Å². The first kappa shape index (κ1) is 63.9. The summed E-state index contributed by atoms with van der Waals surface area (Å²) >= 11 is 0. The molecule has 2 unspecified atom stereocenters. The van der Waals surface area contributed by atoms with Crippen LogP contribution >= 0.6 is 7.82 Å². The van der Waals surface area contributed by atoms with E-state index in [1.54, 1.807) is 0 Å². The Kier molecular flexibility index (Phi) is 45.0. The average Bonchev–Trinajstić information content (AvgIpc) is 3.30. The molecule has 0 aliphatic rings. The molecule has 0 bridgehead atoms. The fraction of sp³-hybridized carbons (Fsp3) is 0.552. The lowest BCUT2D eigenvalue weighted by atomic mass is 10.1. The van der Waals surface area contributed by atoms with Gasteiger partial charge in [0.1, 0.15) is 19.8 Å². The Bertz CT molecular complexity index is 1650. The fourth-order valence-electron chi connectivity index (χ4n) is 5.96. The third kappa shape index (κ3) is 51.3. The summed E-state index contributed by atoms with van der Waals surface area (Å²) in [4.78, 5) is 37.7. The summed E-state index contributed by atoms with van der Waals surface area (Å²) in [5.41, 5.74) is 0. The molecule has 0 amide bonds. The Balaban J connectivity index is 4.41. The summed E-state index contributed by atoms with van der Waals surface area (Å²) in [5, 5.41) is 0. The van der Waals surface area contributed by atoms with Gasteiger partial charge in [-0.3, -0.25) is 14.2 Å². The Morgan fingerprint density at radius 3 is 1.22 bits per heavy atom. The number of unbranched alkanes of at least 4 members (excludes halogenated alkanes) is 6. The van der Waals surface area contributed by atoms with Crippen LogP contribution in [0.4, 0.5) is 0 Å². The molecule has 2 atom stereocenters. The van der Waals surface area contributed by atoms with Crippen LogP contribution in [0.2, 0.25) is 0 Å². The number of allylic oxidation sites excluding steroid dienone is 24. The lowest BCUT2D eigenvalue weighted by Gasteiger charge is -2.28. The summed E-state index contributed by atoms with van der Waals surface area (Å²) in [5.74, 6) is -0.940. The highest BCUT2D eigenvalue weighted by Gasteiger charge is 2.21. The van der Waals surface area contributed by atoms with Crippen LogP contribution in [-0.2, 0) is 32.7 Å². The molecule has 0 saturated heterocycles. The van der Waals surface area contributed by atoms with E-state index >= 15 is 0 Å². The predicted molar refractivity (Wildman–Crippen MR) is 286 cm³/mol. The van der Waals surface area contributed by atoms with E-state index in [1.165, 1.54) is 0 Å². The second kappa shape index (κ2) is 47.9. The van der Waals surface area contributed by atoms with Gasteiger partial charge in [0, 0.05) is 12.8 Å². The average molecular weight is 962 g/mol. The predicted octanol–water partition coefficient (Wildman–Crippen LogP) is 14.9. The van der Waals surface area contributed by atoms with E-state index in [4.69, 9.17) is 18.5 Å². The van der Waals surface area contributed by atoms with Crippen LogP contribution in [0.25, 0.3) is 0 Å². The van der Waals surface area contributed by atoms with Crippen molar-refractivity contribution in [2.24, 2.45) is 0 Å². The molecule has 68 heavy (non-hydrogen) atoms. The zero-order valence-electron chi connectivity index (χ0n) is 43.0. The highest BCUT2D eigenvalue weighted by Crippen LogP contribution is 2.38. The molecule has 0 spiro atoms. The summed E-state index contributed by atoms with van der Waals surface area (Å²) < 4.78 is 33.9. The monoisotopic (exact) mass is 962 g/mol. The molecule has 0 aliphatic heterocycles. The number of hydrogen-bond acceptors (Lipinski definition) is 8. The highest BCUT2D eigenvalue weighted by molar-refractivity contribution is 7.45. The molecule has 9 nitrogen and oxygen atoms in total. The largest absolute Gasteiger partial charge is 0.756 e. The van der Waals surface area contributed by atoms with E-state index in [-0.39, 0.29) is 26.1 Å². The number of ether oxygens (including phenoxy) is 2. The topological polar surface area (TPSA) is 111 Å². The number of rotatable bonds is 44. The van der Waals surface area contributed by atoms with Crippen LogP contribution in [0.5, 0.6) is 0 Å². The molecular formula is C58H92NO8P. The number of quaternary nitrogens is 1. The molecule has 0 aromatic carbocycles. The van der Waals surface area contributed by atoms with Gasteiger partial charge in [0.15, 0.2) is 6.10 Å². The van der Waals surface area contributed by atoms with Crippen molar-refractivity contribution >= 4 is 19.8 Å². The zero-order chi connectivity index (χ0) is 49.9. The van der Waals surface area contributed by atoms with Crippen molar-refractivity contribution < 1.29 is 42.1 Å². The number of likely N-dealkylation sites (N-methyl/N-ethyl adjacent to an activating group) is 1. The first-order chi connectivity index (χ1) is 33.0. The van der Waals surface area contributed by atoms with E-state index in [9.17, 15) is 19.0 Å². The van der Waals surface area contributed by atoms with E-state index < -0.39 is 32.5 Å². The third-order valence-corrected chi connectivity index (χ3v) is 10.8. The third-order valence-electron chi connectivity index (χ3n) is 9.85. The molecule has 382 valence electrons. The van der Waals surface area contributed by atoms with Crippen molar-refractivity contribution in [3.05, 3.63) is 146 Å². The molecule has 0 aromatic rings. The van der Waals surface area contributed by atoms with Crippen LogP contribution in [-0.4, -0.2) is 70.0 Å². The van der Waals surface area contributed by atoms with Gasteiger partial charge in [-0.1, -0.05) is 179 Å². The van der Waals surface area contributed by atoms with Crippen LogP contribution < -0.4 is 4.89 Å². The van der Waals surface area contributed by atoms with Gasteiger partial charge in [-0.2, -0.15) is 0 Å². The number of phosphoric acid groups is 1. The molecule has 0 radical (unpaired) electrons. The van der Waals surface area contributed by atoms with Gasteiger partial charge in [0.25, 0.3) is 7.82 Å². The van der Waals surface area contributed by atoms with Crippen molar-refractivity contribution in [1.29, 1.82) is 0 Å². The van der Waals surface area contributed by atoms with Gasteiger partial charge < -0.3 is 27.9 Å². The van der Waals surface area contributed by atoms with Crippen molar-refractivity contribution in [3.63, 3.8) is 0 Å². The number of esters is 2. The molecule has 0 rings (SSSR count). The van der Waals surface area contributed by atoms with Gasteiger partial charge in [-0.15, -0.1) is 0 Å². The minimum absolute atomic E-state index is 0.0540. The summed E-state index contributed by atoms with van der Waals surface area (Å²) in [6, 6.07) is 0.